The lowest BCUT2D eigenvalue weighted by atomic mass is 10.1. The van der Waals surface area contributed by atoms with E-state index in [2.05, 4.69) is 4.98 Å². The fourth-order valence-electron chi connectivity index (χ4n) is 2.47. The molecule has 0 amide bonds. The molecule has 1 saturated heterocycles. The number of aliphatic hydroxyl groups is 1. The largest absolute Gasteiger partial charge is 0.387 e. The van der Waals surface area contributed by atoms with E-state index in [9.17, 15) is 14.3 Å². The van der Waals surface area contributed by atoms with E-state index >= 15 is 0 Å². The van der Waals surface area contributed by atoms with E-state index in [0.29, 0.717) is 5.69 Å². The number of alkyl halides is 1. The molecular formula is C14H21FN2O4. The minimum Gasteiger partial charge on any atom is -0.387 e. The molecule has 0 bridgehead atoms. The zero-order valence-electron chi connectivity index (χ0n) is 12.6. The fourth-order valence-corrected chi connectivity index (χ4v) is 2.47. The maximum Gasteiger partial charge on any atom is 0.349 e. The van der Waals surface area contributed by atoms with Crippen molar-refractivity contribution in [2.24, 2.45) is 0 Å². The number of aromatic nitrogens is 2. The van der Waals surface area contributed by atoms with Gasteiger partial charge in [0.05, 0.1) is 12.2 Å². The van der Waals surface area contributed by atoms with Crippen molar-refractivity contribution in [2.75, 3.05) is 0 Å². The van der Waals surface area contributed by atoms with Crippen LogP contribution in [0, 0.1) is 6.92 Å². The molecule has 0 radical (unpaired) electrons. The lowest BCUT2D eigenvalue weighted by Crippen LogP contribution is -2.38. The highest BCUT2D eigenvalue weighted by Crippen LogP contribution is 2.33. The molecule has 5 atom stereocenters. The maximum atomic E-state index is 14.3. The average molecular weight is 300 g/mol. The van der Waals surface area contributed by atoms with Gasteiger partial charge in [-0.25, -0.2) is 9.18 Å². The highest BCUT2D eigenvalue weighted by atomic mass is 19.1. The first-order valence-corrected chi connectivity index (χ1v) is 7.00. The van der Waals surface area contributed by atoms with Gasteiger partial charge in [0.25, 0.3) is 0 Å². The third kappa shape index (κ3) is 3.30. The topological polar surface area (TPSA) is 73.6 Å². The van der Waals surface area contributed by atoms with E-state index in [0.717, 1.165) is 4.57 Å². The average Bonchev–Trinajstić information content (AvgIpc) is 2.66. The molecule has 2 rings (SSSR count). The van der Waals surface area contributed by atoms with Crippen molar-refractivity contribution in [1.29, 1.82) is 0 Å². The van der Waals surface area contributed by atoms with E-state index < -0.39 is 36.4 Å². The zero-order chi connectivity index (χ0) is 15.7. The molecule has 7 heteroatoms. The first-order valence-electron chi connectivity index (χ1n) is 7.00. The van der Waals surface area contributed by atoms with Gasteiger partial charge in [0.15, 0.2) is 12.4 Å². The van der Waals surface area contributed by atoms with Crippen molar-refractivity contribution in [3.8, 4) is 0 Å². The van der Waals surface area contributed by atoms with Gasteiger partial charge in [-0.3, -0.25) is 4.57 Å². The number of nitrogens with zero attached hydrogens (tertiary/aromatic N) is 2. The quantitative estimate of drug-likeness (QED) is 0.896. The van der Waals surface area contributed by atoms with Crippen LogP contribution in [0.25, 0.3) is 0 Å². The van der Waals surface area contributed by atoms with Crippen LogP contribution < -0.4 is 5.69 Å². The number of halogens is 1. The summed E-state index contributed by atoms with van der Waals surface area (Å²) in [6.45, 7) is 7.07. The number of aryl methyl sites for hydroxylation is 1. The maximum absolute atomic E-state index is 14.3. The van der Waals surface area contributed by atoms with E-state index in [1.54, 1.807) is 19.9 Å². The van der Waals surface area contributed by atoms with Crippen LogP contribution in [0.5, 0.6) is 0 Å². The third-order valence-electron chi connectivity index (χ3n) is 3.42. The van der Waals surface area contributed by atoms with Crippen LogP contribution >= 0.6 is 0 Å². The second-order valence-electron chi connectivity index (χ2n) is 5.58. The number of hydrogen-bond donors (Lipinski definition) is 1. The summed E-state index contributed by atoms with van der Waals surface area (Å²) in [5.74, 6) is 0. The Balaban J connectivity index is 2.21. The van der Waals surface area contributed by atoms with Crippen LogP contribution in [0.3, 0.4) is 0 Å². The molecule has 0 aromatic carbocycles. The normalized spacial score (nSPS) is 30.8. The van der Waals surface area contributed by atoms with Gasteiger partial charge < -0.3 is 14.6 Å². The molecular weight excluding hydrogens is 279 g/mol. The van der Waals surface area contributed by atoms with Crippen molar-refractivity contribution in [3.05, 3.63) is 28.4 Å². The summed E-state index contributed by atoms with van der Waals surface area (Å²) in [5.41, 5.74) is -0.0637. The lowest BCUT2D eigenvalue weighted by molar-refractivity contribution is -0.115. The van der Waals surface area contributed by atoms with Gasteiger partial charge in [0.2, 0.25) is 0 Å². The van der Waals surface area contributed by atoms with Gasteiger partial charge >= 0.3 is 5.69 Å². The summed E-state index contributed by atoms with van der Waals surface area (Å²) in [6.07, 6.45) is -4.23. The number of ether oxygens (including phenoxy) is 2. The van der Waals surface area contributed by atoms with Crippen LogP contribution in [0.15, 0.2) is 17.1 Å². The predicted octanol–water partition coefficient (Wildman–Crippen LogP) is 0.962. The first kappa shape index (κ1) is 16.1. The van der Waals surface area contributed by atoms with E-state index in [1.807, 2.05) is 13.8 Å². The molecule has 1 N–H and O–H groups in total. The molecule has 1 aromatic heterocycles. The Hall–Kier alpha value is -1.31. The standard InChI is InChI=1S/C14H21FN2O4/c1-7(2)20-9(4)12-11(18)10(15)13(21-12)17-6-5-8(3)16-14(17)19/h5-7,9-13,18H,1-4H3/t9?,10-,11+,12-,13-/m1/s1. The molecule has 21 heavy (non-hydrogen) atoms. The lowest BCUT2D eigenvalue weighted by Gasteiger charge is -2.24. The minimum absolute atomic E-state index is 0.0725. The molecule has 6 nitrogen and oxygen atoms in total. The molecule has 0 spiro atoms. The summed E-state index contributed by atoms with van der Waals surface area (Å²) < 4.78 is 26.4. The Morgan fingerprint density at radius 3 is 2.71 bits per heavy atom. The Labute approximate surface area is 122 Å². The molecule has 0 saturated carbocycles. The molecule has 1 aromatic rings. The molecule has 118 valence electrons. The summed E-state index contributed by atoms with van der Waals surface area (Å²) >= 11 is 0. The third-order valence-corrected chi connectivity index (χ3v) is 3.42. The Morgan fingerprint density at radius 1 is 1.48 bits per heavy atom. The van der Waals surface area contributed by atoms with Crippen LogP contribution in [0.4, 0.5) is 4.39 Å². The highest BCUT2D eigenvalue weighted by Gasteiger charge is 2.48. The highest BCUT2D eigenvalue weighted by molar-refractivity contribution is 4.99. The van der Waals surface area contributed by atoms with Gasteiger partial charge in [-0.2, -0.15) is 4.98 Å². The van der Waals surface area contributed by atoms with Gasteiger partial charge in [-0.05, 0) is 33.8 Å². The van der Waals surface area contributed by atoms with E-state index in [1.165, 1.54) is 6.20 Å². The first-order chi connectivity index (χ1) is 9.81. The molecule has 1 fully saturated rings. The van der Waals surface area contributed by atoms with Crippen molar-refractivity contribution in [1.82, 2.24) is 9.55 Å². The number of hydrogen-bond acceptors (Lipinski definition) is 5. The summed E-state index contributed by atoms with van der Waals surface area (Å²) in [6, 6.07) is 1.59. The van der Waals surface area contributed by atoms with Gasteiger partial charge in [0.1, 0.15) is 12.2 Å². The van der Waals surface area contributed by atoms with Crippen molar-refractivity contribution < 1.29 is 19.0 Å². The number of aliphatic hydroxyl groups excluding tert-OH is 1. The second kappa shape index (κ2) is 6.21. The Morgan fingerprint density at radius 2 is 2.14 bits per heavy atom. The second-order valence-corrected chi connectivity index (χ2v) is 5.58. The fraction of sp³-hybridized carbons (Fsp3) is 0.714. The van der Waals surface area contributed by atoms with Crippen LogP contribution in [0.1, 0.15) is 32.7 Å². The zero-order valence-corrected chi connectivity index (χ0v) is 12.6. The van der Waals surface area contributed by atoms with Gasteiger partial charge in [-0.1, -0.05) is 0 Å². The van der Waals surface area contributed by atoms with Crippen LogP contribution in [0.2, 0.25) is 0 Å². The minimum atomic E-state index is -1.71. The van der Waals surface area contributed by atoms with Crippen LogP contribution in [-0.4, -0.2) is 45.2 Å². The molecule has 1 aliphatic rings. The van der Waals surface area contributed by atoms with Crippen molar-refractivity contribution in [3.63, 3.8) is 0 Å². The molecule has 2 heterocycles. The van der Waals surface area contributed by atoms with E-state index in [4.69, 9.17) is 9.47 Å². The summed E-state index contributed by atoms with van der Waals surface area (Å²) in [7, 11) is 0. The molecule has 1 unspecified atom stereocenters. The van der Waals surface area contributed by atoms with Gasteiger partial charge in [0, 0.05) is 11.9 Å². The van der Waals surface area contributed by atoms with E-state index in [-0.39, 0.29) is 6.10 Å². The Kier molecular flexibility index (Phi) is 4.75. The predicted molar refractivity (Wildman–Crippen MR) is 73.7 cm³/mol. The SMILES string of the molecule is Cc1ccn([C@@H]2O[C@H](C(C)OC(C)C)[C@@H](O)[C@H]2F)c(=O)n1. The number of rotatable bonds is 4. The molecule has 0 aliphatic carbocycles. The Bertz CT molecular complexity index is 548. The van der Waals surface area contributed by atoms with Gasteiger partial charge in [-0.15, -0.1) is 0 Å². The summed E-state index contributed by atoms with van der Waals surface area (Å²) in [4.78, 5) is 15.6. The monoisotopic (exact) mass is 300 g/mol. The van der Waals surface area contributed by atoms with Crippen molar-refractivity contribution in [2.45, 2.75) is 64.5 Å². The van der Waals surface area contributed by atoms with Crippen molar-refractivity contribution >= 4 is 0 Å². The smallest absolute Gasteiger partial charge is 0.349 e. The van der Waals surface area contributed by atoms with Crippen LogP contribution in [-0.2, 0) is 9.47 Å². The molecule has 1 aliphatic heterocycles. The summed E-state index contributed by atoms with van der Waals surface area (Å²) in [5, 5.41) is 10.0.